The van der Waals surface area contributed by atoms with Crippen LogP contribution in [0, 0.1) is 5.82 Å². The monoisotopic (exact) mass is 510 g/mol. The molecule has 0 aliphatic carbocycles. The van der Waals surface area contributed by atoms with Crippen LogP contribution in [0.4, 0.5) is 10.1 Å². The van der Waals surface area contributed by atoms with E-state index >= 15 is 0 Å². The molecular weight excluding hydrogens is 490 g/mol. The number of sulfonamides is 1. The highest BCUT2D eigenvalue weighted by atomic mass is 35.5. The highest BCUT2D eigenvalue weighted by molar-refractivity contribution is 7.89. The summed E-state index contributed by atoms with van der Waals surface area (Å²) in [7, 11) is -4.12. The Labute approximate surface area is 201 Å². The van der Waals surface area contributed by atoms with E-state index in [4.69, 9.17) is 27.9 Å². The Morgan fingerprint density at radius 1 is 1.03 bits per heavy atom. The smallest absolute Gasteiger partial charge is 0.242 e. The fraction of sp³-hybridized carbons (Fsp3) is 0.174. The van der Waals surface area contributed by atoms with Gasteiger partial charge in [-0.05, 0) is 55.3 Å². The number of carbonyl (C=O) groups is 1. The molecule has 3 aromatic rings. The second kappa shape index (κ2) is 11.0. The van der Waals surface area contributed by atoms with Crippen molar-refractivity contribution in [3.05, 3.63) is 88.2 Å². The predicted molar refractivity (Wildman–Crippen MR) is 127 cm³/mol. The van der Waals surface area contributed by atoms with Crippen LogP contribution in [0.15, 0.2) is 71.6 Å². The molecule has 0 saturated heterocycles. The van der Waals surface area contributed by atoms with Gasteiger partial charge in [-0.1, -0.05) is 53.5 Å². The summed E-state index contributed by atoms with van der Waals surface area (Å²) in [6.07, 6.45) is 0.0750. The van der Waals surface area contributed by atoms with Crippen LogP contribution < -0.4 is 14.8 Å². The number of amides is 1. The van der Waals surface area contributed by atoms with Crippen molar-refractivity contribution in [1.82, 2.24) is 4.72 Å². The number of carbonyl (C=O) groups excluding carboxylic acids is 1. The minimum absolute atomic E-state index is 0.0750. The normalized spacial score (nSPS) is 12.2. The van der Waals surface area contributed by atoms with Crippen LogP contribution in [0.3, 0.4) is 0 Å². The highest BCUT2D eigenvalue weighted by Gasteiger charge is 2.27. The van der Waals surface area contributed by atoms with Gasteiger partial charge in [0.2, 0.25) is 15.9 Å². The average molecular weight is 511 g/mol. The SMILES string of the molecule is CCOc1ccc(S(=O)(=O)NC(Cc2ccccc2)C(=O)Nc2ccc(F)c(Cl)c2)cc1Cl. The third-order valence-corrected chi connectivity index (χ3v) is 6.65. The number of nitrogens with one attached hydrogen (secondary N) is 2. The van der Waals surface area contributed by atoms with Gasteiger partial charge in [-0.25, -0.2) is 12.8 Å². The van der Waals surface area contributed by atoms with E-state index in [9.17, 15) is 17.6 Å². The molecule has 1 unspecified atom stereocenters. The predicted octanol–water partition coefficient (Wildman–Crippen LogP) is 5.06. The topological polar surface area (TPSA) is 84.5 Å². The summed E-state index contributed by atoms with van der Waals surface area (Å²) in [6.45, 7) is 2.15. The van der Waals surface area contributed by atoms with Gasteiger partial charge in [-0.15, -0.1) is 0 Å². The first-order valence-electron chi connectivity index (χ1n) is 9.94. The van der Waals surface area contributed by atoms with Crippen molar-refractivity contribution in [3.8, 4) is 5.75 Å². The van der Waals surface area contributed by atoms with Crippen LogP contribution in [-0.2, 0) is 21.2 Å². The molecule has 2 N–H and O–H groups in total. The molecule has 3 rings (SSSR count). The molecule has 174 valence electrons. The number of anilines is 1. The molecule has 3 aromatic carbocycles. The summed E-state index contributed by atoms with van der Waals surface area (Å²) in [5.41, 5.74) is 0.968. The van der Waals surface area contributed by atoms with Crippen molar-refractivity contribution in [2.45, 2.75) is 24.3 Å². The van der Waals surface area contributed by atoms with Crippen LogP contribution in [0.2, 0.25) is 10.0 Å². The van der Waals surface area contributed by atoms with Gasteiger partial charge in [0.1, 0.15) is 17.6 Å². The van der Waals surface area contributed by atoms with Crippen molar-refractivity contribution in [2.24, 2.45) is 0 Å². The largest absolute Gasteiger partial charge is 0.492 e. The average Bonchev–Trinajstić information content (AvgIpc) is 2.78. The van der Waals surface area contributed by atoms with E-state index in [0.29, 0.717) is 12.4 Å². The summed E-state index contributed by atoms with van der Waals surface area (Å²) < 4.78 is 47.3. The molecular formula is C23H21Cl2FN2O4S. The molecule has 0 radical (unpaired) electrons. The molecule has 6 nitrogen and oxygen atoms in total. The van der Waals surface area contributed by atoms with Gasteiger partial charge in [0.05, 0.1) is 21.5 Å². The molecule has 0 heterocycles. The van der Waals surface area contributed by atoms with Crippen molar-refractivity contribution in [2.75, 3.05) is 11.9 Å². The first-order valence-corrected chi connectivity index (χ1v) is 12.2. The van der Waals surface area contributed by atoms with E-state index < -0.39 is 27.8 Å². The molecule has 0 aliphatic heterocycles. The van der Waals surface area contributed by atoms with E-state index in [2.05, 4.69) is 10.0 Å². The molecule has 33 heavy (non-hydrogen) atoms. The Hall–Kier alpha value is -2.65. The van der Waals surface area contributed by atoms with Crippen LogP contribution >= 0.6 is 23.2 Å². The van der Waals surface area contributed by atoms with Crippen molar-refractivity contribution in [3.63, 3.8) is 0 Å². The van der Waals surface area contributed by atoms with E-state index in [-0.39, 0.29) is 27.0 Å². The fourth-order valence-corrected chi connectivity index (χ4v) is 4.72. The lowest BCUT2D eigenvalue weighted by atomic mass is 10.1. The summed E-state index contributed by atoms with van der Waals surface area (Å²) in [4.78, 5) is 12.9. The Bertz CT molecular complexity index is 1240. The maximum atomic E-state index is 13.4. The number of benzene rings is 3. The van der Waals surface area contributed by atoms with Gasteiger partial charge in [0, 0.05) is 5.69 Å². The number of rotatable bonds is 9. The first-order chi connectivity index (χ1) is 15.7. The lowest BCUT2D eigenvalue weighted by Gasteiger charge is -2.19. The van der Waals surface area contributed by atoms with Gasteiger partial charge in [0.25, 0.3) is 0 Å². The number of ether oxygens (including phenoxy) is 1. The van der Waals surface area contributed by atoms with Crippen LogP contribution in [0.25, 0.3) is 0 Å². The summed E-state index contributed by atoms with van der Waals surface area (Å²) in [5.74, 6) is -0.921. The number of hydrogen-bond donors (Lipinski definition) is 2. The lowest BCUT2D eigenvalue weighted by molar-refractivity contribution is -0.117. The zero-order valence-electron chi connectivity index (χ0n) is 17.5. The van der Waals surface area contributed by atoms with E-state index in [1.165, 1.54) is 30.3 Å². The maximum Gasteiger partial charge on any atom is 0.242 e. The second-order valence-corrected chi connectivity index (χ2v) is 9.54. The third kappa shape index (κ3) is 6.68. The molecule has 0 aliphatic rings. The van der Waals surface area contributed by atoms with Crippen molar-refractivity contribution >= 4 is 44.8 Å². The maximum absolute atomic E-state index is 13.4. The Morgan fingerprint density at radius 2 is 1.76 bits per heavy atom. The summed E-state index contributed by atoms with van der Waals surface area (Å²) >= 11 is 11.9. The highest BCUT2D eigenvalue weighted by Crippen LogP contribution is 2.27. The summed E-state index contributed by atoms with van der Waals surface area (Å²) in [5, 5.41) is 2.54. The fourth-order valence-electron chi connectivity index (χ4n) is 3.02. The molecule has 1 atom stereocenters. The lowest BCUT2D eigenvalue weighted by Crippen LogP contribution is -2.45. The zero-order valence-corrected chi connectivity index (χ0v) is 19.8. The summed E-state index contributed by atoms with van der Waals surface area (Å²) in [6, 6.07) is 15.5. The second-order valence-electron chi connectivity index (χ2n) is 7.01. The zero-order chi connectivity index (χ0) is 24.0. The Kier molecular flexibility index (Phi) is 8.31. The molecule has 0 spiro atoms. The molecule has 0 bridgehead atoms. The first kappa shape index (κ1) is 25.0. The van der Waals surface area contributed by atoms with E-state index in [0.717, 1.165) is 11.6 Å². The van der Waals surface area contributed by atoms with Crippen LogP contribution in [0.1, 0.15) is 12.5 Å². The molecule has 1 amide bonds. The van der Waals surface area contributed by atoms with Gasteiger partial charge < -0.3 is 10.1 Å². The quantitative estimate of drug-likeness (QED) is 0.421. The number of hydrogen-bond acceptors (Lipinski definition) is 4. The van der Waals surface area contributed by atoms with Gasteiger partial charge >= 0.3 is 0 Å². The van der Waals surface area contributed by atoms with E-state index in [1.807, 2.05) is 6.07 Å². The van der Waals surface area contributed by atoms with Gasteiger partial charge in [0.15, 0.2) is 0 Å². The molecule has 0 saturated carbocycles. The van der Waals surface area contributed by atoms with Crippen LogP contribution in [-0.4, -0.2) is 27.0 Å². The third-order valence-electron chi connectivity index (χ3n) is 4.60. The minimum atomic E-state index is -4.12. The standard InChI is InChI=1S/C23H21Cl2FN2O4S/c1-2-32-22-11-9-17(14-19(22)25)33(30,31)28-21(12-15-6-4-3-5-7-15)23(29)27-16-8-10-20(26)18(24)13-16/h3-11,13-14,21,28H,2,12H2,1H3,(H,27,29). The van der Waals surface area contributed by atoms with Gasteiger partial charge in [-0.3, -0.25) is 4.79 Å². The van der Waals surface area contributed by atoms with Crippen molar-refractivity contribution in [1.29, 1.82) is 0 Å². The minimum Gasteiger partial charge on any atom is -0.492 e. The Morgan fingerprint density at radius 3 is 2.39 bits per heavy atom. The van der Waals surface area contributed by atoms with Crippen molar-refractivity contribution < 1.29 is 22.3 Å². The van der Waals surface area contributed by atoms with E-state index in [1.54, 1.807) is 31.2 Å². The molecule has 0 fully saturated rings. The van der Waals surface area contributed by atoms with Gasteiger partial charge in [-0.2, -0.15) is 4.72 Å². The molecule has 10 heteroatoms. The number of halogens is 3. The van der Waals surface area contributed by atoms with Crippen LogP contribution in [0.5, 0.6) is 5.75 Å². The Balaban J connectivity index is 1.87. The molecule has 0 aromatic heterocycles.